The van der Waals surface area contributed by atoms with E-state index in [1.165, 1.54) is 24.8 Å². The Bertz CT molecular complexity index is 241. The Morgan fingerprint density at radius 3 is 2.54 bits per heavy atom. The summed E-state index contributed by atoms with van der Waals surface area (Å²) in [7, 11) is 0. The maximum absolute atomic E-state index is 5.04. The van der Waals surface area contributed by atoms with E-state index in [0.29, 0.717) is 5.92 Å². The van der Waals surface area contributed by atoms with E-state index >= 15 is 0 Å². The van der Waals surface area contributed by atoms with E-state index in [0.717, 1.165) is 0 Å². The number of unbranched alkanes of at least 4 members (excludes halogenated alkanes) is 1. The molecule has 0 heterocycles. The molecule has 1 aromatic rings. The highest BCUT2D eigenvalue weighted by Crippen LogP contribution is 2.19. The van der Waals surface area contributed by atoms with E-state index in [4.69, 9.17) is 12.2 Å². The summed E-state index contributed by atoms with van der Waals surface area (Å²) in [5.74, 6) is 0.469. The average Bonchev–Trinajstić information content (AvgIpc) is 2.21. The highest BCUT2D eigenvalue weighted by atomic mass is 32.1. The van der Waals surface area contributed by atoms with Gasteiger partial charge < -0.3 is 0 Å². The van der Waals surface area contributed by atoms with Crippen molar-refractivity contribution in [1.29, 1.82) is 0 Å². The molecular formula is C12H16S. The molecule has 1 unspecified atom stereocenters. The molecule has 0 aliphatic carbocycles. The minimum Gasteiger partial charge on any atom is -0.0928 e. The zero-order valence-corrected chi connectivity index (χ0v) is 8.89. The van der Waals surface area contributed by atoms with Gasteiger partial charge >= 0.3 is 0 Å². The van der Waals surface area contributed by atoms with Crippen molar-refractivity contribution in [2.45, 2.75) is 32.1 Å². The van der Waals surface area contributed by atoms with Crippen LogP contribution in [0, 0.1) is 0 Å². The van der Waals surface area contributed by atoms with Crippen molar-refractivity contribution in [3.8, 4) is 0 Å². The third-order valence-corrected chi connectivity index (χ3v) is 2.59. The minimum absolute atomic E-state index is 0.469. The number of thiocarbonyl (C=S) groups is 1. The standard InChI is InChI=1S/C12H16S/c1-2-3-7-12(10-13)11-8-5-4-6-9-11/h4-6,8-10,12H,2-3,7H2,1H3. The van der Waals surface area contributed by atoms with Crippen molar-refractivity contribution >= 4 is 17.6 Å². The molecule has 0 N–H and O–H groups in total. The van der Waals surface area contributed by atoms with Crippen LogP contribution < -0.4 is 0 Å². The Kier molecular flexibility index (Phi) is 4.69. The van der Waals surface area contributed by atoms with Crippen LogP contribution in [0.25, 0.3) is 0 Å². The summed E-state index contributed by atoms with van der Waals surface area (Å²) in [6.45, 7) is 2.21. The molecule has 0 aliphatic rings. The monoisotopic (exact) mass is 192 g/mol. The number of hydrogen-bond acceptors (Lipinski definition) is 1. The van der Waals surface area contributed by atoms with Crippen LogP contribution in [0.2, 0.25) is 0 Å². The summed E-state index contributed by atoms with van der Waals surface area (Å²) < 4.78 is 0. The smallest absolute Gasteiger partial charge is 0.0123 e. The molecule has 0 radical (unpaired) electrons. The summed E-state index contributed by atoms with van der Waals surface area (Å²) in [5, 5.41) is 1.89. The third-order valence-electron chi connectivity index (χ3n) is 2.26. The van der Waals surface area contributed by atoms with E-state index in [-0.39, 0.29) is 0 Å². The summed E-state index contributed by atoms with van der Waals surface area (Å²) in [6, 6.07) is 10.5. The molecule has 0 spiro atoms. The molecule has 13 heavy (non-hydrogen) atoms. The van der Waals surface area contributed by atoms with Gasteiger partial charge in [0.2, 0.25) is 0 Å². The van der Waals surface area contributed by atoms with Gasteiger partial charge in [0.15, 0.2) is 0 Å². The summed E-state index contributed by atoms with van der Waals surface area (Å²) in [5.41, 5.74) is 1.35. The highest BCUT2D eigenvalue weighted by molar-refractivity contribution is 7.79. The molecule has 0 aromatic heterocycles. The lowest BCUT2D eigenvalue weighted by atomic mass is 9.96. The largest absolute Gasteiger partial charge is 0.0928 e. The Hall–Kier alpha value is -0.690. The predicted molar refractivity (Wildman–Crippen MR) is 62.4 cm³/mol. The van der Waals surface area contributed by atoms with Crippen molar-refractivity contribution < 1.29 is 0 Å². The summed E-state index contributed by atoms with van der Waals surface area (Å²) >= 11 is 5.04. The first kappa shape index (κ1) is 10.4. The zero-order valence-electron chi connectivity index (χ0n) is 8.07. The van der Waals surface area contributed by atoms with Gasteiger partial charge in [-0.15, -0.1) is 0 Å². The van der Waals surface area contributed by atoms with Crippen molar-refractivity contribution in [3.63, 3.8) is 0 Å². The van der Waals surface area contributed by atoms with Crippen LogP contribution >= 0.6 is 12.2 Å². The molecule has 0 bridgehead atoms. The molecule has 0 saturated heterocycles. The molecule has 70 valence electrons. The molecule has 1 aromatic carbocycles. The summed E-state index contributed by atoms with van der Waals surface area (Å²) in [4.78, 5) is 0. The number of rotatable bonds is 5. The molecule has 0 aliphatic heterocycles. The maximum atomic E-state index is 5.04. The van der Waals surface area contributed by atoms with Crippen molar-refractivity contribution in [3.05, 3.63) is 35.9 Å². The van der Waals surface area contributed by atoms with Crippen LogP contribution in [-0.2, 0) is 0 Å². The lowest BCUT2D eigenvalue weighted by Gasteiger charge is -2.10. The molecule has 1 atom stereocenters. The van der Waals surface area contributed by atoms with Crippen LogP contribution in [0.1, 0.15) is 37.7 Å². The number of benzene rings is 1. The maximum Gasteiger partial charge on any atom is 0.0123 e. The SMILES string of the molecule is CCCCC(C=S)c1ccccc1. The van der Waals surface area contributed by atoms with Crippen molar-refractivity contribution in [2.75, 3.05) is 0 Å². The van der Waals surface area contributed by atoms with E-state index in [1.54, 1.807) is 0 Å². The molecule has 1 rings (SSSR count). The lowest BCUT2D eigenvalue weighted by Crippen LogP contribution is -1.98. The van der Waals surface area contributed by atoms with Gasteiger partial charge in [0.25, 0.3) is 0 Å². The van der Waals surface area contributed by atoms with Gasteiger partial charge in [0.1, 0.15) is 0 Å². The van der Waals surface area contributed by atoms with Gasteiger partial charge in [-0.1, -0.05) is 62.3 Å². The van der Waals surface area contributed by atoms with Crippen LogP contribution in [0.3, 0.4) is 0 Å². The van der Waals surface area contributed by atoms with Gasteiger partial charge in [0, 0.05) is 5.92 Å². The van der Waals surface area contributed by atoms with Gasteiger partial charge in [-0.2, -0.15) is 0 Å². The van der Waals surface area contributed by atoms with Crippen LogP contribution in [0.15, 0.2) is 30.3 Å². The lowest BCUT2D eigenvalue weighted by molar-refractivity contribution is 0.693. The second kappa shape index (κ2) is 5.87. The fourth-order valence-electron chi connectivity index (χ4n) is 1.44. The average molecular weight is 192 g/mol. The predicted octanol–water partition coefficient (Wildman–Crippen LogP) is 3.96. The second-order valence-corrected chi connectivity index (χ2v) is 3.57. The molecule has 0 saturated carbocycles. The van der Waals surface area contributed by atoms with E-state index < -0.39 is 0 Å². The van der Waals surface area contributed by atoms with E-state index in [1.807, 2.05) is 11.4 Å². The Morgan fingerprint density at radius 2 is 2.00 bits per heavy atom. The topological polar surface area (TPSA) is 0 Å². The van der Waals surface area contributed by atoms with Crippen molar-refractivity contribution in [2.24, 2.45) is 0 Å². The van der Waals surface area contributed by atoms with Gasteiger partial charge in [-0.05, 0) is 17.4 Å². The second-order valence-electron chi connectivity index (χ2n) is 3.30. The number of hydrogen-bond donors (Lipinski definition) is 0. The first-order valence-corrected chi connectivity index (χ1v) is 5.36. The molecular weight excluding hydrogens is 176 g/mol. The fraction of sp³-hybridized carbons (Fsp3) is 0.417. The van der Waals surface area contributed by atoms with Crippen LogP contribution in [-0.4, -0.2) is 5.37 Å². The van der Waals surface area contributed by atoms with E-state index in [9.17, 15) is 0 Å². The quantitative estimate of drug-likeness (QED) is 0.636. The first-order valence-electron chi connectivity index (χ1n) is 4.88. The van der Waals surface area contributed by atoms with Gasteiger partial charge in [-0.25, -0.2) is 0 Å². The van der Waals surface area contributed by atoms with Gasteiger partial charge in [-0.3, -0.25) is 0 Å². The van der Waals surface area contributed by atoms with Gasteiger partial charge in [0.05, 0.1) is 0 Å². The Morgan fingerprint density at radius 1 is 1.31 bits per heavy atom. The summed E-state index contributed by atoms with van der Waals surface area (Å²) in [6.07, 6.45) is 3.68. The van der Waals surface area contributed by atoms with Crippen LogP contribution in [0.4, 0.5) is 0 Å². The third kappa shape index (κ3) is 3.27. The molecule has 0 fully saturated rings. The minimum atomic E-state index is 0.469. The normalized spacial score (nSPS) is 12.4. The van der Waals surface area contributed by atoms with Crippen molar-refractivity contribution in [1.82, 2.24) is 0 Å². The zero-order chi connectivity index (χ0) is 9.52. The molecule has 0 nitrogen and oxygen atoms in total. The van der Waals surface area contributed by atoms with E-state index in [2.05, 4.69) is 31.2 Å². The highest BCUT2D eigenvalue weighted by Gasteiger charge is 2.05. The Labute approximate surface area is 86.0 Å². The Balaban J connectivity index is 2.61. The molecule has 1 heteroatoms. The molecule has 0 amide bonds. The van der Waals surface area contributed by atoms with Crippen LogP contribution in [0.5, 0.6) is 0 Å². The first-order chi connectivity index (χ1) is 6.38. The fourth-order valence-corrected chi connectivity index (χ4v) is 1.73.